The number of aliphatic hydroxyl groups is 1. The molecule has 0 unspecified atom stereocenters. The van der Waals surface area contributed by atoms with Gasteiger partial charge in [-0.15, -0.1) is 0 Å². The molecule has 0 radical (unpaired) electrons. The van der Waals surface area contributed by atoms with Crippen LogP contribution in [0.2, 0.25) is 0 Å². The van der Waals surface area contributed by atoms with Crippen LogP contribution >= 0.6 is 11.8 Å². The fraction of sp³-hybridized carbons (Fsp3) is 0.429. The highest BCUT2D eigenvalue weighted by atomic mass is 32.2. The van der Waals surface area contributed by atoms with Crippen LogP contribution in [-0.4, -0.2) is 51.2 Å². The van der Waals surface area contributed by atoms with Gasteiger partial charge in [-0.25, -0.2) is 4.79 Å². The van der Waals surface area contributed by atoms with Crippen LogP contribution in [0.4, 0.5) is 13.2 Å². The Hall–Kier alpha value is -1.74. The fourth-order valence-corrected chi connectivity index (χ4v) is 2.81. The number of thioether (sulfide) groups is 1. The van der Waals surface area contributed by atoms with Crippen molar-refractivity contribution in [1.82, 2.24) is 4.90 Å². The number of halogens is 3. The SMILES string of the molecule is O=C(c1ccc(SC(F)(F)F)cc1)N1CCC(O)(C(=O)O)CC1. The summed E-state index contributed by atoms with van der Waals surface area (Å²) in [5.74, 6) is -1.72. The number of carbonyl (C=O) groups is 2. The number of nitrogens with zero attached hydrogens (tertiary/aromatic N) is 1. The number of hydrogen-bond donors (Lipinski definition) is 2. The van der Waals surface area contributed by atoms with Crippen molar-refractivity contribution in [2.24, 2.45) is 0 Å². The molecule has 0 aromatic heterocycles. The molecule has 23 heavy (non-hydrogen) atoms. The minimum Gasteiger partial charge on any atom is -0.479 e. The van der Waals surface area contributed by atoms with E-state index in [-0.39, 0.29) is 48.2 Å². The summed E-state index contributed by atoms with van der Waals surface area (Å²) in [6, 6.07) is 5.02. The number of carboxylic acid groups (broad SMARTS) is 1. The molecule has 2 N–H and O–H groups in total. The van der Waals surface area contributed by atoms with Crippen molar-refractivity contribution in [3.05, 3.63) is 29.8 Å². The Kier molecular flexibility index (Phi) is 4.90. The Balaban J connectivity index is 2.00. The molecular formula is C14H14F3NO4S. The van der Waals surface area contributed by atoms with Gasteiger partial charge >= 0.3 is 11.5 Å². The third kappa shape index (κ3) is 4.38. The predicted octanol–water partition coefficient (Wildman–Crippen LogP) is 2.35. The summed E-state index contributed by atoms with van der Waals surface area (Å²) in [6.07, 6.45) is -0.174. The maximum Gasteiger partial charge on any atom is 0.446 e. The molecule has 1 aliphatic rings. The summed E-state index contributed by atoms with van der Waals surface area (Å²) in [5.41, 5.74) is -6.00. The molecule has 0 bridgehead atoms. The van der Waals surface area contributed by atoms with E-state index in [1.165, 1.54) is 29.2 Å². The second-order valence-corrected chi connectivity index (χ2v) is 6.34. The normalized spacial score (nSPS) is 17.8. The average Bonchev–Trinajstić information content (AvgIpc) is 2.46. The zero-order valence-corrected chi connectivity index (χ0v) is 12.7. The third-order valence-electron chi connectivity index (χ3n) is 3.61. The molecule has 1 saturated heterocycles. The van der Waals surface area contributed by atoms with E-state index < -0.39 is 23.0 Å². The van der Waals surface area contributed by atoms with Gasteiger partial charge in [-0.2, -0.15) is 13.2 Å². The predicted molar refractivity (Wildman–Crippen MR) is 76.1 cm³/mol. The molecule has 0 saturated carbocycles. The largest absolute Gasteiger partial charge is 0.479 e. The molecule has 1 aromatic rings. The van der Waals surface area contributed by atoms with E-state index >= 15 is 0 Å². The lowest BCUT2D eigenvalue weighted by atomic mass is 9.91. The first kappa shape index (κ1) is 17.6. The summed E-state index contributed by atoms with van der Waals surface area (Å²) >= 11 is -0.264. The molecule has 0 spiro atoms. The van der Waals surface area contributed by atoms with Gasteiger partial charge in [0, 0.05) is 36.4 Å². The quantitative estimate of drug-likeness (QED) is 0.819. The Morgan fingerprint density at radius 2 is 1.65 bits per heavy atom. The second-order valence-electron chi connectivity index (χ2n) is 5.20. The van der Waals surface area contributed by atoms with Gasteiger partial charge in [0.05, 0.1) is 0 Å². The maximum absolute atomic E-state index is 12.2. The Morgan fingerprint density at radius 3 is 2.09 bits per heavy atom. The Morgan fingerprint density at radius 1 is 1.13 bits per heavy atom. The summed E-state index contributed by atoms with van der Waals surface area (Å²) < 4.78 is 36.7. The first-order valence-electron chi connectivity index (χ1n) is 6.72. The van der Waals surface area contributed by atoms with Crippen molar-refractivity contribution in [3.8, 4) is 0 Å². The topological polar surface area (TPSA) is 77.8 Å². The van der Waals surface area contributed by atoms with Gasteiger partial charge in [-0.3, -0.25) is 4.79 Å². The number of aliphatic carboxylic acids is 1. The van der Waals surface area contributed by atoms with Crippen LogP contribution in [0, 0.1) is 0 Å². The van der Waals surface area contributed by atoms with Crippen LogP contribution in [0.5, 0.6) is 0 Å². The molecule has 0 aliphatic carbocycles. The van der Waals surface area contributed by atoms with Crippen molar-refractivity contribution in [1.29, 1.82) is 0 Å². The number of carboxylic acids is 1. The number of rotatable bonds is 3. The molecule has 1 aromatic carbocycles. The van der Waals surface area contributed by atoms with Gasteiger partial charge in [0.1, 0.15) is 0 Å². The summed E-state index contributed by atoms with van der Waals surface area (Å²) in [4.78, 5) is 24.5. The molecule has 0 atom stereocenters. The number of alkyl halides is 3. The van der Waals surface area contributed by atoms with Gasteiger partial charge in [0.2, 0.25) is 0 Å². The minimum atomic E-state index is -4.39. The van der Waals surface area contributed by atoms with Gasteiger partial charge in [0.15, 0.2) is 5.60 Å². The summed E-state index contributed by atoms with van der Waals surface area (Å²) in [6.45, 7) is 0.140. The van der Waals surface area contributed by atoms with E-state index in [9.17, 15) is 27.9 Å². The van der Waals surface area contributed by atoms with E-state index in [1.807, 2.05) is 0 Å². The van der Waals surface area contributed by atoms with E-state index in [0.717, 1.165) is 0 Å². The lowest BCUT2D eigenvalue weighted by Gasteiger charge is -2.35. The van der Waals surface area contributed by atoms with Crippen LogP contribution in [0.1, 0.15) is 23.2 Å². The van der Waals surface area contributed by atoms with Crippen LogP contribution in [0.15, 0.2) is 29.2 Å². The molecule has 1 amide bonds. The molecule has 1 fully saturated rings. The molecule has 1 aliphatic heterocycles. The van der Waals surface area contributed by atoms with E-state index in [4.69, 9.17) is 5.11 Å². The molecule has 5 nitrogen and oxygen atoms in total. The zero-order valence-electron chi connectivity index (χ0n) is 11.8. The molecule has 126 valence electrons. The van der Waals surface area contributed by atoms with E-state index in [0.29, 0.717) is 0 Å². The summed E-state index contributed by atoms with van der Waals surface area (Å²) in [7, 11) is 0. The first-order valence-corrected chi connectivity index (χ1v) is 7.53. The van der Waals surface area contributed by atoms with Gasteiger partial charge in [0.25, 0.3) is 5.91 Å². The van der Waals surface area contributed by atoms with Crippen LogP contribution in [0.25, 0.3) is 0 Å². The standard InChI is InChI=1S/C14H14F3NO4S/c15-14(16,17)23-10-3-1-9(2-4-10)11(19)18-7-5-13(22,6-8-18)12(20)21/h1-4,22H,5-8H2,(H,20,21). The van der Waals surface area contributed by atoms with Gasteiger partial charge in [-0.05, 0) is 36.0 Å². The van der Waals surface area contributed by atoms with E-state index in [2.05, 4.69) is 0 Å². The van der Waals surface area contributed by atoms with Crippen LogP contribution in [-0.2, 0) is 4.79 Å². The first-order chi connectivity index (χ1) is 10.6. The number of carbonyl (C=O) groups excluding carboxylic acids is 1. The smallest absolute Gasteiger partial charge is 0.446 e. The number of piperidine rings is 1. The molecule has 2 rings (SSSR count). The van der Waals surface area contributed by atoms with Crippen molar-refractivity contribution < 1.29 is 33.0 Å². The van der Waals surface area contributed by atoms with Crippen LogP contribution in [0.3, 0.4) is 0 Å². The van der Waals surface area contributed by atoms with E-state index in [1.54, 1.807) is 0 Å². The highest BCUT2D eigenvalue weighted by Crippen LogP contribution is 2.36. The monoisotopic (exact) mass is 349 g/mol. The highest BCUT2D eigenvalue weighted by molar-refractivity contribution is 8.00. The lowest BCUT2D eigenvalue weighted by molar-refractivity contribution is -0.162. The van der Waals surface area contributed by atoms with Gasteiger partial charge in [-0.1, -0.05) is 0 Å². The highest BCUT2D eigenvalue weighted by Gasteiger charge is 2.40. The summed E-state index contributed by atoms with van der Waals surface area (Å²) in [5, 5.41) is 18.7. The zero-order chi connectivity index (χ0) is 17.3. The Bertz CT molecular complexity index is 595. The minimum absolute atomic E-state index is 0.0204. The van der Waals surface area contributed by atoms with Crippen LogP contribution < -0.4 is 0 Å². The second kappa shape index (κ2) is 6.40. The lowest BCUT2D eigenvalue weighted by Crippen LogP contribution is -2.50. The molecule has 1 heterocycles. The Labute approximate surface area is 134 Å². The number of amides is 1. The van der Waals surface area contributed by atoms with Crippen molar-refractivity contribution in [2.45, 2.75) is 28.8 Å². The number of hydrogen-bond acceptors (Lipinski definition) is 4. The van der Waals surface area contributed by atoms with Gasteiger partial charge < -0.3 is 15.1 Å². The third-order valence-corrected chi connectivity index (χ3v) is 4.35. The maximum atomic E-state index is 12.2. The molecular weight excluding hydrogens is 335 g/mol. The number of benzene rings is 1. The number of likely N-dealkylation sites (tertiary alicyclic amines) is 1. The van der Waals surface area contributed by atoms with Crippen molar-refractivity contribution >= 4 is 23.6 Å². The average molecular weight is 349 g/mol. The molecule has 9 heteroatoms. The van der Waals surface area contributed by atoms with Crippen molar-refractivity contribution in [2.75, 3.05) is 13.1 Å². The fourth-order valence-electron chi connectivity index (χ4n) is 2.28. The van der Waals surface area contributed by atoms with Crippen molar-refractivity contribution in [3.63, 3.8) is 0 Å².